The van der Waals surface area contributed by atoms with Crippen molar-refractivity contribution in [2.45, 2.75) is 13.1 Å². The highest BCUT2D eigenvalue weighted by molar-refractivity contribution is 6.67. The Labute approximate surface area is 192 Å². The summed E-state index contributed by atoms with van der Waals surface area (Å²) in [4.78, 5) is 20.2. The Hall–Kier alpha value is -1.15. The molecule has 0 unspecified atom stereocenters. The number of hydrogen-bond donors (Lipinski definition) is 2. The Kier molecular flexibility index (Phi) is 15.0. The molecular weight excluding hydrogens is 491 g/mol. The molecule has 0 bridgehead atoms. The van der Waals surface area contributed by atoms with Crippen LogP contribution in [-0.4, -0.2) is 22.9 Å². The van der Waals surface area contributed by atoms with Crippen LogP contribution in [0.4, 0.5) is 8.78 Å². The number of carbonyl (C=O) groups is 2. The predicted molar refractivity (Wildman–Crippen MR) is 115 cm³/mol. The van der Waals surface area contributed by atoms with Crippen molar-refractivity contribution in [3.63, 3.8) is 0 Å². The first kappa shape index (κ1) is 27.8. The van der Waals surface area contributed by atoms with Gasteiger partial charge in [0.15, 0.2) is 0 Å². The minimum Gasteiger partial charge on any atom is -0.351 e. The summed E-state index contributed by atoms with van der Waals surface area (Å²) in [6.45, 7) is 0.282. The second-order valence-corrected chi connectivity index (χ2v) is 6.80. The van der Waals surface area contributed by atoms with Crippen LogP contribution in [-0.2, 0) is 22.7 Å². The van der Waals surface area contributed by atoms with Gasteiger partial charge in [-0.15, -0.1) is 23.2 Å². The van der Waals surface area contributed by atoms with E-state index in [1.54, 1.807) is 24.3 Å². The van der Waals surface area contributed by atoms with E-state index in [0.717, 1.165) is 0 Å². The number of carbonyl (C=O) groups excluding carboxylic acids is 2. The van der Waals surface area contributed by atoms with Gasteiger partial charge in [-0.2, -0.15) is 0 Å². The second-order valence-electron chi connectivity index (χ2n) is 5.03. The minimum absolute atomic E-state index is 0.0441. The van der Waals surface area contributed by atoms with Gasteiger partial charge in [0.1, 0.15) is 17.5 Å². The van der Waals surface area contributed by atoms with Crippen molar-refractivity contribution in [1.82, 2.24) is 5.32 Å². The molecule has 0 fully saturated rings. The fourth-order valence-corrected chi connectivity index (χ4v) is 2.11. The van der Waals surface area contributed by atoms with Gasteiger partial charge < -0.3 is 11.1 Å². The quantitative estimate of drug-likeness (QED) is 0.427. The molecule has 2 rings (SSSR count). The van der Waals surface area contributed by atoms with E-state index >= 15 is 0 Å². The maximum Gasteiger partial charge on any atom is 0.236 e. The Balaban J connectivity index is 0.000000455. The van der Waals surface area contributed by atoms with Crippen molar-refractivity contribution in [2.75, 3.05) is 11.8 Å². The zero-order valence-electron chi connectivity index (χ0n) is 14.8. The first-order valence-corrected chi connectivity index (χ1v) is 10.0. The molecule has 0 radical (unpaired) electrons. The zero-order valence-corrected chi connectivity index (χ0v) is 18.6. The van der Waals surface area contributed by atoms with Crippen molar-refractivity contribution in [2.24, 2.45) is 5.73 Å². The molecule has 1 amide bonds. The van der Waals surface area contributed by atoms with E-state index in [2.05, 4.69) is 5.32 Å². The molecule has 0 saturated carbocycles. The molecule has 4 nitrogen and oxygen atoms in total. The van der Waals surface area contributed by atoms with Crippen LogP contribution in [0, 0.1) is 11.6 Å². The van der Waals surface area contributed by atoms with Crippen LogP contribution in [0.3, 0.4) is 0 Å². The largest absolute Gasteiger partial charge is 0.351 e. The molecule has 0 aliphatic rings. The SMILES string of the molecule is NCc1cccc(Cl)c1F.O=C(CCl)NCc1cccc(Cl)c1F.O=C(Cl)CCl. The molecule has 0 aliphatic carbocycles. The summed E-state index contributed by atoms with van der Waals surface area (Å²) in [5.41, 5.74) is 6.02. The summed E-state index contributed by atoms with van der Waals surface area (Å²) in [5, 5.41) is 2.11. The lowest BCUT2D eigenvalue weighted by atomic mass is 10.2. The average Bonchev–Trinajstić information content (AvgIpc) is 2.71. The molecule has 2 aromatic rings. The second kappa shape index (κ2) is 15.7. The summed E-state index contributed by atoms with van der Waals surface area (Å²) < 4.78 is 26.0. The number of hydrogen-bond acceptors (Lipinski definition) is 3. The zero-order chi connectivity index (χ0) is 22.4. The van der Waals surface area contributed by atoms with E-state index in [4.69, 9.17) is 63.7 Å². The normalized spacial score (nSPS) is 9.52. The molecule has 0 aromatic heterocycles. The number of rotatable bonds is 5. The number of benzene rings is 2. The Morgan fingerprint density at radius 3 is 1.72 bits per heavy atom. The van der Waals surface area contributed by atoms with Gasteiger partial charge in [0.05, 0.1) is 15.9 Å². The summed E-state index contributed by atoms with van der Waals surface area (Å²) in [5.74, 6) is -1.49. The van der Waals surface area contributed by atoms with Crippen LogP contribution in [0.25, 0.3) is 0 Å². The fourth-order valence-electron chi connectivity index (χ4n) is 1.63. The number of nitrogens with one attached hydrogen (secondary N) is 1. The van der Waals surface area contributed by atoms with Crippen molar-refractivity contribution < 1.29 is 18.4 Å². The van der Waals surface area contributed by atoms with Gasteiger partial charge in [0.2, 0.25) is 11.1 Å². The fraction of sp³-hybridized carbons (Fsp3) is 0.222. The Morgan fingerprint density at radius 1 is 0.897 bits per heavy atom. The maximum absolute atomic E-state index is 13.2. The molecule has 160 valence electrons. The van der Waals surface area contributed by atoms with Crippen LogP contribution < -0.4 is 11.1 Å². The van der Waals surface area contributed by atoms with Crippen molar-refractivity contribution in [3.05, 3.63) is 69.2 Å². The highest BCUT2D eigenvalue weighted by atomic mass is 35.5. The van der Waals surface area contributed by atoms with Gasteiger partial charge in [-0.25, -0.2) is 8.78 Å². The number of halogens is 7. The van der Waals surface area contributed by atoms with E-state index in [1.165, 1.54) is 12.1 Å². The molecular formula is C18H17Cl5F2N2O2. The van der Waals surface area contributed by atoms with Gasteiger partial charge in [-0.05, 0) is 23.7 Å². The van der Waals surface area contributed by atoms with Crippen molar-refractivity contribution >= 4 is 69.2 Å². The van der Waals surface area contributed by atoms with Crippen LogP contribution in [0.5, 0.6) is 0 Å². The van der Waals surface area contributed by atoms with Crippen molar-refractivity contribution in [3.8, 4) is 0 Å². The lowest BCUT2D eigenvalue weighted by molar-refractivity contribution is -0.118. The van der Waals surface area contributed by atoms with E-state index in [1.807, 2.05) is 0 Å². The Bertz CT molecular complexity index is 810. The van der Waals surface area contributed by atoms with E-state index in [9.17, 15) is 18.4 Å². The van der Waals surface area contributed by atoms with E-state index in [0.29, 0.717) is 11.1 Å². The van der Waals surface area contributed by atoms with Gasteiger partial charge in [0.25, 0.3) is 0 Å². The molecule has 0 heterocycles. The summed E-state index contributed by atoms with van der Waals surface area (Å²) in [6.07, 6.45) is 0. The van der Waals surface area contributed by atoms with E-state index < -0.39 is 16.9 Å². The molecule has 0 saturated heterocycles. The van der Waals surface area contributed by atoms with Crippen LogP contribution in [0.15, 0.2) is 36.4 Å². The molecule has 0 atom stereocenters. The predicted octanol–water partition coefficient (Wildman–Crippen LogP) is 5.26. The molecule has 11 heteroatoms. The highest BCUT2D eigenvalue weighted by Crippen LogP contribution is 2.18. The van der Waals surface area contributed by atoms with Gasteiger partial charge >= 0.3 is 0 Å². The van der Waals surface area contributed by atoms with E-state index in [-0.39, 0.29) is 40.8 Å². The number of alkyl halides is 2. The third kappa shape index (κ3) is 11.6. The standard InChI is InChI=1S/C9H8Cl2FNO.C7H7ClFN.C2H2Cl2O/c10-4-8(14)13-5-6-2-1-3-7(11)9(6)12;8-6-3-1-2-5(4-10)7(6)9;3-1-2(4)5/h1-3H,4-5H2,(H,13,14);1-3H,4,10H2;1H2. The molecule has 0 aliphatic heterocycles. The summed E-state index contributed by atoms with van der Waals surface area (Å²) >= 11 is 25.8. The average molecular weight is 509 g/mol. The van der Waals surface area contributed by atoms with Gasteiger partial charge in [-0.1, -0.05) is 47.5 Å². The monoisotopic (exact) mass is 506 g/mol. The maximum atomic E-state index is 13.2. The third-order valence-corrected chi connectivity index (χ3v) is 4.33. The van der Waals surface area contributed by atoms with Crippen LogP contribution >= 0.6 is 58.0 Å². The molecule has 0 spiro atoms. The van der Waals surface area contributed by atoms with Crippen LogP contribution in [0.1, 0.15) is 11.1 Å². The molecule has 2 aromatic carbocycles. The first-order chi connectivity index (χ1) is 13.7. The Morgan fingerprint density at radius 2 is 1.34 bits per heavy atom. The van der Waals surface area contributed by atoms with Gasteiger partial charge in [0, 0.05) is 24.2 Å². The van der Waals surface area contributed by atoms with Crippen LogP contribution in [0.2, 0.25) is 10.0 Å². The summed E-state index contributed by atoms with van der Waals surface area (Å²) in [7, 11) is 0. The minimum atomic E-state index is -0.510. The third-order valence-electron chi connectivity index (χ3n) is 2.99. The lowest BCUT2D eigenvalue weighted by Gasteiger charge is -2.05. The van der Waals surface area contributed by atoms with Crippen molar-refractivity contribution in [1.29, 1.82) is 0 Å². The summed E-state index contributed by atoms with van der Waals surface area (Å²) in [6, 6.07) is 9.40. The lowest BCUT2D eigenvalue weighted by Crippen LogP contribution is -2.24. The topological polar surface area (TPSA) is 72.2 Å². The number of amides is 1. The number of nitrogens with two attached hydrogens (primary N) is 1. The highest BCUT2D eigenvalue weighted by Gasteiger charge is 2.06. The first-order valence-electron chi connectivity index (χ1n) is 7.80. The molecule has 29 heavy (non-hydrogen) atoms. The van der Waals surface area contributed by atoms with Gasteiger partial charge in [-0.3, -0.25) is 9.59 Å². The smallest absolute Gasteiger partial charge is 0.236 e. The molecule has 3 N–H and O–H groups in total.